The van der Waals surface area contributed by atoms with E-state index in [0.29, 0.717) is 6.61 Å². The summed E-state index contributed by atoms with van der Waals surface area (Å²) in [6, 6.07) is 28.5. The fraction of sp³-hybridized carbons (Fsp3) is 0.310. The van der Waals surface area contributed by atoms with Gasteiger partial charge in [0.25, 0.3) is 5.91 Å². The number of carbonyl (C=O) groups excluding carboxylic acids is 2. The van der Waals surface area contributed by atoms with Crippen molar-refractivity contribution in [2.24, 2.45) is 0 Å². The zero-order valence-electron chi connectivity index (χ0n) is 20.2. The maximum atomic E-state index is 13.2. The van der Waals surface area contributed by atoms with Gasteiger partial charge in [0.05, 0.1) is 25.9 Å². The minimum Gasteiger partial charge on any atom is -0.464 e. The lowest BCUT2D eigenvalue weighted by molar-refractivity contribution is -0.192. The molecular formula is C29H31NO6. The second kappa shape index (κ2) is 13.0. The van der Waals surface area contributed by atoms with Gasteiger partial charge in [-0.3, -0.25) is 9.59 Å². The highest BCUT2D eigenvalue weighted by Crippen LogP contribution is 2.25. The van der Waals surface area contributed by atoms with Crippen LogP contribution >= 0.6 is 0 Å². The SMILES string of the molecule is CC(=O)OC[C@H]1NC(=O)[C@H](OCc2ccccc2)[C@@H](OCc2ccccc2)[C@@H]1OCc1ccccc1. The molecule has 1 fully saturated rings. The first-order valence-electron chi connectivity index (χ1n) is 12.0. The molecule has 1 saturated heterocycles. The highest BCUT2D eigenvalue weighted by Gasteiger charge is 2.47. The number of ether oxygens (including phenoxy) is 4. The normalized spacial score (nSPS) is 21.5. The number of hydrogen-bond acceptors (Lipinski definition) is 6. The van der Waals surface area contributed by atoms with Crippen LogP contribution in [0.4, 0.5) is 0 Å². The second-order valence-corrected chi connectivity index (χ2v) is 8.66. The average molecular weight is 490 g/mol. The van der Waals surface area contributed by atoms with Gasteiger partial charge in [0.15, 0.2) is 6.10 Å². The molecule has 1 amide bonds. The molecule has 0 aliphatic carbocycles. The van der Waals surface area contributed by atoms with Crippen LogP contribution in [-0.4, -0.2) is 42.8 Å². The van der Waals surface area contributed by atoms with Gasteiger partial charge in [-0.05, 0) is 16.7 Å². The minimum absolute atomic E-state index is 0.0306. The molecule has 3 aromatic rings. The van der Waals surface area contributed by atoms with Crippen LogP contribution in [0, 0.1) is 0 Å². The number of piperidine rings is 1. The molecule has 7 nitrogen and oxygen atoms in total. The molecule has 3 aromatic carbocycles. The molecule has 188 valence electrons. The summed E-state index contributed by atoms with van der Waals surface area (Å²) in [4.78, 5) is 24.7. The van der Waals surface area contributed by atoms with Crippen molar-refractivity contribution in [2.75, 3.05) is 6.61 Å². The molecule has 0 radical (unpaired) electrons. The Hall–Kier alpha value is -3.52. The average Bonchev–Trinajstić information content (AvgIpc) is 2.91. The van der Waals surface area contributed by atoms with Gasteiger partial charge < -0.3 is 24.3 Å². The zero-order chi connectivity index (χ0) is 25.2. The summed E-state index contributed by atoms with van der Waals surface area (Å²) < 4.78 is 24.0. The van der Waals surface area contributed by atoms with Gasteiger partial charge in [0.1, 0.15) is 18.8 Å². The third kappa shape index (κ3) is 7.24. The molecule has 4 rings (SSSR count). The summed E-state index contributed by atoms with van der Waals surface area (Å²) in [6.07, 6.45) is -2.26. The number of nitrogens with one attached hydrogen (secondary N) is 1. The zero-order valence-corrected chi connectivity index (χ0v) is 20.2. The Morgan fingerprint density at radius 3 is 1.61 bits per heavy atom. The first-order chi connectivity index (χ1) is 17.6. The number of carbonyl (C=O) groups is 2. The highest BCUT2D eigenvalue weighted by molar-refractivity contribution is 5.83. The van der Waals surface area contributed by atoms with Crippen LogP contribution in [0.15, 0.2) is 91.0 Å². The van der Waals surface area contributed by atoms with Crippen molar-refractivity contribution in [3.63, 3.8) is 0 Å². The van der Waals surface area contributed by atoms with Gasteiger partial charge in [0.2, 0.25) is 0 Å². The van der Waals surface area contributed by atoms with Crippen LogP contribution in [0.1, 0.15) is 23.6 Å². The Bertz CT molecular complexity index is 1090. The van der Waals surface area contributed by atoms with E-state index in [1.807, 2.05) is 91.0 Å². The molecule has 1 heterocycles. The van der Waals surface area contributed by atoms with Crippen LogP contribution in [0.5, 0.6) is 0 Å². The summed E-state index contributed by atoms with van der Waals surface area (Å²) in [5, 5.41) is 2.93. The van der Waals surface area contributed by atoms with E-state index in [-0.39, 0.29) is 25.7 Å². The first-order valence-corrected chi connectivity index (χ1v) is 12.0. The van der Waals surface area contributed by atoms with Crippen molar-refractivity contribution in [3.8, 4) is 0 Å². The van der Waals surface area contributed by atoms with E-state index in [1.54, 1.807) is 0 Å². The van der Waals surface area contributed by atoms with Crippen LogP contribution in [0.2, 0.25) is 0 Å². The van der Waals surface area contributed by atoms with Gasteiger partial charge in [-0.1, -0.05) is 91.0 Å². The molecule has 1 aliphatic rings. The summed E-state index contributed by atoms with van der Waals surface area (Å²) in [7, 11) is 0. The molecular weight excluding hydrogens is 458 g/mol. The van der Waals surface area contributed by atoms with E-state index in [0.717, 1.165) is 16.7 Å². The summed E-state index contributed by atoms with van der Waals surface area (Å²) >= 11 is 0. The molecule has 0 unspecified atom stereocenters. The van der Waals surface area contributed by atoms with Crippen LogP contribution in [-0.2, 0) is 48.4 Å². The van der Waals surface area contributed by atoms with Crippen molar-refractivity contribution < 1.29 is 28.5 Å². The van der Waals surface area contributed by atoms with E-state index < -0.39 is 30.3 Å². The molecule has 7 heteroatoms. The van der Waals surface area contributed by atoms with Crippen LogP contribution in [0.25, 0.3) is 0 Å². The maximum Gasteiger partial charge on any atom is 0.302 e. The summed E-state index contributed by atoms with van der Waals surface area (Å²) in [6.45, 7) is 2.12. The Morgan fingerprint density at radius 1 is 0.694 bits per heavy atom. The number of hydrogen-bond donors (Lipinski definition) is 1. The van der Waals surface area contributed by atoms with Crippen molar-refractivity contribution in [3.05, 3.63) is 108 Å². The van der Waals surface area contributed by atoms with E-state index >= 15 is 0 Å². The minimum atomic E-state index is -0.914. The van der Waals surface area contributed by atoms with Crippen LogP contribution < -0.4 is 5.32 Å². The monoisotopic (exact) mass is 489 g/mol. The van der Waals surface area contributed by atoms with Crippen molar-refractivity contribution >= 4 is 11.9 Å². The molecule has 0 spiro atoms. The third-order valence-electron chi connectivity index (χ3n) is 5.91. The number of amides is 1. The fourth-order valence-corrected chi connectivity index (χ4v) is 4.10. The smallest absolute Gasteiger partial charge is 0.302 e. The Morgan fingerprint density at radius 2 is 1.14 bits per heavy atom. The lowest BCUT2D eigenvalue weighted by Crippen LogP contribution is -2.66. The van der Waals surface area contributed by atoms with Gasteiger partial charge in [0, 0.05) is 6.92 Å². The lowest BCUT2D eigenvalue weighted by atomic mass is 9.94. The number of esters is 1. The van der Waals surface area contributed by atoms with Gasteiger partial charge >= 0.3 is 5.97 Å². The van der Waals surface area contributed by atoms with Gasteiger partial charge in [-0.15, -0.1) is 0 Å². The van der Waals surface area contributed by atoms with Gasteiger partial charge in [-0.2, -0.15) is 0 Å². The maximum absolute atomic E-state index is 13.2. The molecule has 1 N–H and O–H groups in total. The fourth-order valence-electron chi connectivity index (χ4n) is 4.10. The molecule has 0 bridgehead atoms. The Kier molecular flexibility index (Phi) is 9.21. The van der Waals surface area contributed by atoms with Gasteiger partial charge in [-0.25, -0.2) is 0 Å². The molecule has 36 heavy (non-hydrogen) atoms. The topological polar surface area (TPSA) is 83.1 Å². The number of rotatable bonds is 11. The van der Waals surface area contributed by atoms with E-state index in [9.17, 15) is 9.59 Å². The van der Waals surface area contributed by atoms with Crippen molar-refractivity contribution in [2.45, 2.75) is 51.1 Å². The van der Waals surface area contributed by atoms with E-state index in [4.69, 9.17) is 18.9 Å². The molecule has 0 aromatic heterocycles. The second-order valence-electron chi connectivity index (χ2n) is 8.66. The van der Waals surface area contributed by atoms with Crippen molar-refractivity contribution in [1.82, 2.24) is 5.32 Å². The Balaban J connectivity index is 1.57. The first kappa shape index (κ1) is 25.6. The highest BCUT2D eigenvalue weighted by atomic mass is 16.6. The van der Waals surface area contributed by atoms with E-state index in [1.165, 1.54) is 6.92 Å². The predicted octanol–water partition coefficient (Wildman–Crippen LogP) is 3.80. The Labute approximate surface area is 211 Å². The number of benzene rings is 3. The van der Waals surface area contributed by atoms with Crippen molar-refractivity contribution in [1.29, 1.82) is 0 Å². The largest absolute Gasteiger partial charge is 0.464 e. The molecule has 4 atom stereocenters. The lowest BCUT2D eigenvalue weighted by Gasteiger charge is -2.41. The summed E-state index contributed by atoms with van der Waals surface area (Å²) in [5.74, 6) is -0.768. The van der Waals surface area contributed by atoms with E-state index in [2.05, 4.69) is 5.32 Å². The third-order valence-corrected chi connectivity index (χ3v) is 5.91. The summed E-state index contributed by atoms with van der Waals surface area (Å²) in [5.41, 5.74) is 2.88. The molecule has 1 aliphatic heterocycles. The predicted molar refractivity (Wildman–Crippen MR) is 134 cm³/mol. The quantitative estimate of drug-likeness (QED) is 0.413. The molecule has 0 saturated carbocycles. The van der Waals surface area contributed by atoms with Crippen LogP contribution in [0.3, 0.4) is 0 Å². The standard InChI is InChI=1S/C29H31NO6/c1-21(31)33-20-25-26(34-17-22-11-5-2-6-12-22)27(35-18-23-13-7-3-8-14-23)28(29(32)30-25)36-19-24-15-9-4-10-16-24/h2-16,25-28H,17-20H2,1H3,(H,30,32)/t25-,26-,27+,28-/m1/s1.